The van der Waals surface area contributed by atoms with Crippen LogP contribution in [0.3, 0.4) is 0 Å². The van der Waals surface area contributed by atoms with E-state index in [0.717, 1.165) is 42.6 Å². The zero-order chi connectivity index (χ0) is 43.3. The van der Waals surface area contributed by atoms with Crippen LogP contribution < -0.4 is 15.0 Å². The molecule has 5 aromatic carbocycles. The number of carbonyl (C=O) groups is 1. The van der Waals surface area contributed by atoms with Gasteiger partial charge >= 0.3 is 20.0 Å². The van der Waals surface area contributed by atoms with Crippen LogP contribution in [0.4, 0.5) is 13.2 Å². The molecule has 13 rings (SSSR count). The molecule has 0 saturated heterocycles. The van der Waals surface area contributed by atoms with Gasteiger partial charge < -0.3 is 24.8 Å². The van der Waals surface area contributed by atoms with Gasteiger partial charge in [-0.1, -0.05) is 72.8 Å². The first kappa shape index (κ1) is 39.6. The summed E-state index contributed by atoms with van der Waals surface area (Å²) in [5, 5.41) is 7.12. The smallest absolute Gasteiger partial charge is 0.491 e. The number of hydrogen-bond donors (Lipinski definition) is 2. The number of halogens is 3. The summed E-state index contributed by atoms with van der Waals surface area (Å²) in [4.78, 5) is 8.90. The molecule has 0 radical (unpaired) electrons. The van der Waals surface area contributed by atoms with Gasteiger partial charge in [-0.25, -0.2) is 9.36 Å². The largest absolute Gasteiger partial charge is 0.529 e. The lowest BCUT2D eigenvalue weighted by atomic mass is 9.74. The molecule has 9 nitrogen and oxygen atoms in total. The van der Waals surface area contributed by atoms with E-state index in [0.29, 0.717) is 55.8 Å². The van der Waals surface area contributed by atoms with Crippen LogP contribution >= 0.6 is 7.82 Å². The summed E-state index contributed by atoms with van der Waals surface area (Å²) in [6.07, 6.45) is -0.888. The SMILES string of the molecule is COP(=O)(OC)Oc1c2c(c(OCCOCCN)c3c1[C@H]1C[C@@H]3c3cc4c(cc31)[C@H]1C[C@@H]4c3ccccc31)[C@H]1C[C@@H]2c2cc3c(cc21)[C@H]1C[C@@H]3c2ccccc21.O=C(O)C(F)(F)F. The van der Waals surface area contributed by atoms with Crippen molar-refractivity contribution in [2.45, 2.75) is 79.2 Å². The Balaban J connectivity index is 0.000000559. The zero-order valence-electron chi connectivity index (χ0n) is 34.7. The Morgan fingerprint density at radius 2 is 0.921 bits per heavy atom. The maximum atomic E-state index is 14.2. The molecule has 0 amide bonds. The van der Waals surface area contributed by atoms with E-state index in [1.165, 1.54) is 92.1 Å². The molecule has 13 heteroatoms. The second kappa shape index (κ2) is 14.0. The number of carboxylic acids is 1. The predicted molar refractivity (Wildman–Crippen MR) is 227 cm³/mol. The molecule has 8 atom stereocenters. The quantitative estimate of drug-likeness (QED) is 0.104. The average Bonchev–Trinajstić information content (AvgIpc) is 4.17. The summed E-state index contributed by atoms with van der Waals surface area (Å²) >= 11 is 0. The highest BCUT2D eigenvalue weighted by Gasteiger charge is 2.56. The molecule has 8 bridgehead atoms. The highest BCUT2D eigenvalue weighted by Crippen LogP contribution is 2.72. The van der Waals surface area contributed by atoms with Gasteiger partial charge in [-0.05, 0) is 92.4 Å². The van der Waals surface area contributed by atoms with Gasteiger partial charge in [-0.3, -0.25) is 9.05 Å². The summed E-state index contributed by atoms with van der Waals surface area (Å²) in [6.45, 7) is 1.86. The minimum Gasteiger partial charge on any atom is -0.491 e. The van der Waals surface area contributed by atoms with Gasteiger partial charge in [0.05, 0.1) is 13.2 Å². The molecular formula is C50H45F3NO8P. The van der Waals surface area contributed by atoms with Crippen molar-refractivity contribution in [2.75, 3.05) is 40.6 Å². The number of nitrogens with two attached hydrogens (primary N) is 1. The fourth-order valence-corrected chi connectivity index (χ4v) is 14.1. The summed E-state index contributed by atoms with van der Waals surface area (Å²) in [7, 11) is -1.09. The monoisotopic (exact) mass is 875 g/mol. The summed E-state index contributed by atoms with van der Waals surface area (Å²) in [6, 6.07) is 28.2. The Bertz CT molecular complexity index is 2700. The van der Waals surface area contributed by atoms with Crippen molar-refractivity contribution in [3.63, 3.8) is 0 Å². The molecule has 0 unspecified atom stereocenters. The molecule has 0 aliphatic heterocycles. The van der Waals surface area contributed by atoms with Crippen molar-refractivity contribution in [1.29, 1.82) is 0 Å². The van der Waals surface area contributed by atoms with Crippen LogP contribution in [0.15, 0.2) is 72.8 Å². The van der Waals surface area contributed by atoms with Crippen LogP contribution in [0, 0.1) is 0 Å². The van der Waals surface area contributed by atoms with E-state index in [4.69, 9.17) is 38.7 Å². The van der Waals surface area contributed by atoms with Gasteiger partial charge in [-0.15, -0.1) is 0 Å². The van der Waals surface area contributed by atoms with Gasteiger partial charge in [0.1, 0.15) is 18.1 Å². The highest BCUT2D eigenvalue weighted by atomic mass is 31.2. The lowest BCUT2D eigenvalue weighted by molar-refractivity contribution is -0.192. The number of carboxylic acid groups (broad SMARTS) is 1. The van der Waals surface area contributed by atoms with Crippen LogP contribution in [0.2, 0.25) is 0 Å². The number of aliphatic carboxylic acids is 1. The topological polar surface area (TPSA) is 127 Å². The van der Waals surface area contributed by atoms with Crippen LogP contribution in [0.1, 0.15) is 162 Å². The van der Waals surface area contributed by atoms with E-state index in [1.54, 1.807) is 0 Å². The second-order valence-corrected chi connectivity index (χ2v) is 19.9. The first-order chi connectivity index (χ1) is 30.4. The molecule has 8 aliphatic rings. The van der Waals surface area contributed by atoms with Gasteiger partial charge in [0, 0.05) is 90.4 Å². The first-order valence-corrected chi connectivity index (χ1v) is 23.3. The van der Waals surface area contributed by atoms with Crippen molar-refractivity contribution in [2.24, 2.45) is 5.73 Å². The Labute approximate surface area is 362 Å². The molecule has 3 N–H and O–H groups in total. The maximum Gasteiger partial charge on any atom is 0.529 e. The number of hydrogen-bond acceptors (Lipinski definition) is 8. The van der Waals surface area contributed by atoms with Gasteiger partial charge in [0.25, 0.3) is 0 Å². The van der Waals surface area contributed by atoms with Crippen LogP contribution in [-0.4, -0.2) is 57.8 Å². The van der Waals surface area contributed by atoms with E-state index in [9.17, 15) is 17.7 Å². The zero-order valence-corrected chi connectivity index (χ0v) is 35.6. The molecule has 0 heterocycles. The molecule has 324 valence electrons. The number of benzene rings is 5. The Morgan fingerprint density at radius 1 is 0.587 bits per heavy atom. The summed E-state index contributed by atoms with van der Waals surface area (Å²) in [5.41, 5.74) is 27.9. The minimum absolute atomic E-state index is 0.0915. The number of ether oxygens (including phenoxy) is 2. The normalized spacial score (nSPS) is 25.7. The lowest BCUT2D eigenvalue weighted by Gasteiger charge is -2.33. The third-order valence-corrected chi connectivity index (χ3v) is 16.8. The van der Waals surface area contributed by atoms with E-state index in [1.807, 2.05) is 0 Å². The van der Waals surface area contributed by atoms with Gasteiger partial charge in [0.2, 0.25) is 0 Å². The Kier molecular flexibility index (Phi) is 8.81. The summed E-state index contributed by atoms with van der Waals surface area (Å²) in [5.74, 6) is 1.19. The van der Waals surface area contributed by atoms with Gasteiger partial charge in [0.15, 0.2) is 0 Å². The van der Waals surface area contributed by atoms with Crippen LogP contribution in [0.5, 0.6) is 11.5 Å². The molecule has 5 aromatic rings. The molecule has 63 heavy (non-hydrogen) atoms. The van der Waals surface area contributed by atoms with Gasteiger partial charge in [-0.2, -0.15) is 13.2 Å². The second-order valence-electron chi connectivity index (χ2n) is 18.1. The first-order valence-electron chi connectivity index (χ1n) is 21.8. The fourth-order valence-electron chi connectivity index (χ4n) is 13.3. The number of alkyl halides is 3. The fraction of sp³-hybridized carbons (Fsp3) is 0.380. The number of rotatable bonds is 10. The lowest BCUT2D eigenvalue weighted by Crippen LogP contribution is -2.21. The van der Waals surface area contributed by atoms with Crippen molar-refractivity contribution in [1.82, 2.24) is 0 Å². The van der Waals surface area contributed by atoms with Crippen LogP contribution in [-0.2, 0) is 23.1 Å². The third-order valence-electron chi connectivity index (χ3n) is 15.5. The number of fused-ring (bicyclic) bond motifs is 32. The highest BCUT2D eigenvalue weighted by molar-refractivity contribution is 7.48. The number of phosphoric ester groups is 1. The molecule has 0 spiro atoms. The Hall–Kier alpha value is -4.97. The predicted octanol–water partition coefficient (Wildman–Crippen LogP) is 10.4. The summed E-state index contributed by atoms with van der Waals surface area (Å²) < 4.78 is 76.6. The molecule has 0 saturated carbocycles. The van der Waals surface area contributed by atoms with E-state index in [2.05, 4.69) is 72.8 Å². The molecule has 0 aromatic heterocycles. The molecular weight excluding hydrogens is 831 g/mol. The van der Waals surface area contributed by atoms with Crippen molar-refractivity contribution in [3.05, 3.63) is 162 Å². The Morgan fingerprint density at radius 3 is 1.25 bits per heavy atom. The molecule has 8 aliphatic carbocycles. The average molecular weight is 876 g/mol. The van der Waals surface area contributed by atoms with Crippen LogP contribution in [0.25, 0.3) is 0 Å². The standard InChI is InChI=1S/C48H44NO6P.C2HF3O2/c1-51-56(50,52-2)55-48-45-41-21-39(35-17-31-27-15-29(33(31)19-37(35)41)25-9-5-3-7-23(25)27)43(45)47(54-14-13-53-12-11-49)44-40-22-42(46(44)48)38-20-34-30-16-28(32(34)18-36(38)40)24-8-4-6-10-26(24)30;3-2(4,5)1(6)7/h3-10,17-20,27-30,39-42H,11-16,21-22,49H2,1-2H3;(H,6,7)/t27-,28+,29+,30-,39-,40+,41+,42-;. The maximum absolute atomic E-state index is 14.2. The van der Waals surface area contributed by atoms with Crippen molar-refractivity contribution < 1.29 is 50.7 Å². The molecule has 0 fully saturated rings. The minimum atomic E-state index is -5.08. The van der Waals surface area contributed by atoms with Crippen molar-refractivity contribution >= 4 is 13.8 Å². The third kappa shape index (κ3) is 5.51. The van der Waals surface area contributed by atoms with E-state index in [-0.39, 0.29) is 23.7 Å². The number of phosphoric acid groups is 1. The van der Waals surface area contributed by atoms with E-state index >= 15 is 0 Å². The van der Waals surface area contributed by atoms with Crippen molar-refractivity contribution in [3.8, 4) is 11.5 Å². The van der Waals surface area contributed by atoms with E-state index < -0.39 is 20.0 Å².